The molecule has 3 heterocycles. The summed E-state index contributed by atoms with van der Waals surface area (Å²) in [4.78, 5) is 29.6. The lowest BCUT2D eigenvalue weighted by atomic mass is 9.96. The van der Waals surface area contributed by atoms with Crippen molar-refractivity contribution < 1.29 is 28.2 Å². The number of aromatic nitrogens is 2. The number of carbonyl (C=O) groups excluding carboxylic acids is 2. The van der Waals surface area contributed by atoms with Crippen molar-refractivity contribution in [3.8, 4) is 5.75 Å². The SMILES string of the molecule is Cn1cc(CCC(=O)N2CCO[C@@](COc3ccc(F)cc3)(CC(=O)N3CCOCC3)C2)cn1. The minimum Gasteiger partial charge on any atom is -0.490 e. The Balaban J connectivity index is 1.44. The van der Waals surface area contributed by atoms with E-state index < -0.39 is 5.60 Å². The molecule has 2 aromatic rings. The van der Waals surface area contributed by atoms with E-state index in [2.05, 4.69) is 5.10 Å². The summed E-state index contributed by atoms with van der Waals surface area (Å²) >= 11 is 0. The maximum Gasteiger partial charge on any atom is 0.225 e. The monoisotopic (exact) mass is 474 g/mol. The van der Waals surface area contributed by atoms with Crippen LogP contribution in [0.4, 0.5) is 4.39 Å². The average molecular weight is 475 g/mol. The molecule has 0 spiro atoms. The van der Waals surface area contributed by atoms with E-state index in [1.807, 2.05) is 13.2 Å². The summed E-state index contributed by atoms with van der Waals surface area (Å²) in [6, 6.07) is 5.70. The van der Waals surface area contributed by atoms with Gasteiger partial charge in [0.15, 0.2) is 0 Å². The number of ether oxygens (including phenoxy) is 3. The van der Waals surface area contributed by atoms with E-state index in [0.717, 1.165) is 5.56 Å². The number of hydrogen-bond donors (Lipinski definition) is 0. The van der Waals surface area contributed by atoms with Crippen LogP contribution in [0.5, 0.6) is 5.75 Å². The second-order valence-corrected chi connectivity index (χ2v) is 8.78. The van der Waals surface area contributed by atoms with E-state index >= 15 is 0 Å². The highest BCUT2D eigenvalue weighted by atomic mass is 19.1. The lowest BCUT2D eigenvalue weighted by Crippen LogP contribution is -2.58. The van der Waals surface area contributed by atoms with Crippen LogP contribution in [-0.2, 0) is 32.5 Å². The molecule has 0 aliphatic carbocycles. The first-order valence-corrected chi connectivity index (χ1v) is 11.6. The third kappa shape index (κ3) is 6.32. The van der Waals surface area contributed by atoms with Crippen molar-refractivity contribution in [1.82, 2.24) is 19.6 Å². The molecular formula is C24H31FN4O5. The fourth-order valence-corrected chi connectivity index (χ4v) is 4.26. The molecule has 2 saturated heterocycles. The van der Waals surface area contributed by atoms with Crippen molar-refractivity contribution in [2.45, 2.75) is 24.9 Å². The van der Waals surface area contributed by atoms with Gasteiger partial charge in [0.1, 0.15) is 23.8 Å². The molecule has 1 aromatic heterocycles. The van der Waals surface area contributed by atoms with Crippen LogP contribution in [-0.4, -0.2) is 89.6 Å². The van der Waals surface area contributed by atoms with Gasteiger partial charge in [0.2, 0.25) is 11.8 Å². The predicted octanol–water partition coefficient (Wildman–Crippen LogP) is 1.42. The Kier molecular flexibility index (Phi) is 7.79. The average Bonchev–Trinajstić information content (AvgIpc) is 3.28. The molecule has 0 N–H and O–H groups in total. The number of amides is 2. The van der Waals surface area contributed by atoms with Crippen LogP contribution in [0.2, 0.25) is 0 Å². The second kappa shape index (κ2) is 11.0. The van der Waals surface area contributed by atoms with E-state index in [1.165, 1.54) is 24.3 Å². The van der Waals surface area contributed by atoms with Crippen molar-refractivity contribution in [2.24, 2.45) is 7.05 Å². The number of hydrogen-bond acceptors (Lipinski definition) is 6. The zero-order chi connectivity index (χ0) is 24.0. The molecule has 9 nitrogen and oxygen atoms in total. The van der Waals surface area contributed by atoms with Crippen molar-refractivity contribution >= 4 is 11.8 Å². The van der Waals surface area contributed by atoms with Crippen LogP contribution in [0.1, 0.15) is 18.4 Å². The van der Waals surface area contributed by atoms with Gasteiger partial charge in [0, 0.05) is 39.3 Å². The Morgan fingerprint density at radius 3 is 2.53 bits per heavy atom. The highest BCUT2D eigenvalue weighted by Gasteiger charge is 2.42. The molecule has 0 radical (unpaired) electrons. The molecule has 0 saturated carbocycles. The van der Waals surface area contributed by atoms with Crippen molar-refractivity contribution in [1.29, 1.82) is 0 Å². The molecule has 184 valence electrons. The highest BCUT2D eigenvalue weighted by molar-refractivity contribution is 5.79. The van der Waals surface area contributed by atoms with E-state index in [9.17, 15) is 14.0 Å². The Morgan fingerprint density at radius 2 is 1.82 bits per heavy atom. The molecule has 2 aliphatic heterocycles. The van der Waals surface area contributed by atoms with Crippen LogP contribution >= 0.6 is 0 Å². The number of aryl methyl sites for hydroxylation is 2. The summed E-state index contributed by atoms with van der Waals surface area (Å²) in [6.45, 7) is 3.15. The second-order valence-electron chi connectivity index (χ2n) is 8.78. The van der Waals surface area contributed by atoms with Gasteiger partial charge in [-0.15, -0.1) is 0 Å². The normalized spacial score (nSPS) is 20.9. The summed E-state index contributed by atoms with van der Waals surface area (Å²) in [6.07, 6.45) is 4.68. The molecule has 2 fully saturated rings. The zero-order valence-corrected chi connectivity index (χ0v) is 19.5. The molecule has 1 aromatic carbocycles. The maximum atomic E-state index is 13.3. The highest BCUT2D eigenvalue weighted by Crippen LogP contribution is 2.26. The number of morpholine rings is 2. The lowest BCUT2D eigenvalue weighted by molar-refractivity contribution is -0.167. The van der Waals surface area contributed by atoms with Gasteiger partial charge in [-0.2, -0.15) is 5.10 Å². The van der Waals surface area contributed by atoms with Crippen molar-refractivity contribution in [3.63, 3.8) is 0 Å². The summed E-state index contributed by atoms with van der Waals surface area (Å²) in [5.41, 5.74) is 0.00363. The third-order valence-electron chi connectivity index (χ3n) is 6.14. The van der Waals surface area contributed by atoms with Gasteiger partial charge >= 0.3 is 0 Å². The minimum atomic E-state index is -0.994. The minimum absolute atomic E-state index is 0.00266. The molecule has 2 aliphatic rings. The smallest absolute Gasteiger partial charge is 0.225 e. The van der Waals surface area contributed by atoms with E-state index in [0.29, 0.717) is 58.0 Å². The predicted molar refractivity (Wildman–Crippen MR) is 121 cm³/mol. The number of carbonyl (C=O) groups is 2. The first-order valence-electron chi connectivity index (χ1n) is 11.6. The van der Waals surface area contributed by atoms with Crippen LogP contribution in [0.15, 0.2) is 36.7 Å². The van der Waals surface area contributed by atoms with Crippen LogP contribution in [0.25, 0.3) is 0 Å². The number of halogens is 1. The Bertz CT molecular complexity index is 976. The molecule has 10 heteroatoms. The molecular weight excluding hydrogens is 443 g/mol. The van der Waals surface area contributed by atoms with Crippen LogP contribution in [0.3, 0.4) is 0 Å². The Morgan fingerprint density at radius 1 is 1.09 bits per heavy atom. The topological polar surface area (TPSA) is 86.1 Å². The summed E-state index contributed by atoms with van der Waals surface area (Å²) in [5.74, 6) is 0.0554. The first kappa shape index (κ1) is 24.2. The Labute approximate surface area is 198 Å². The molecule has 4 rings (SSSR count). The summed E-state index contributed by atoms with van der Waals surface area (Å²) in [5, 5.41) is 4.15. The van der Waals surface area contributed by atoms with Crippen molar-refractivity contribution in [2.75, 3.05) is 52.6 Å². The largest absolute Gasteiger partial charge is 0.490 e. The quantitative estimate of drug-likeness (QED) is 0.575. The standard InChI is InChI=1S/C24H31FN4O5/c1-27-16-19(15-26-27)2-7-22(30)29-10-13-34-24(17-29,14-23(31)28-8-11-32-12-9-28)18-33-21-5-3-20(25)4-6-21/h3-6,15-16H,2,7-14,17-18H2,1H3/t24-/m0/s1. The van der Waals surface area contributed by atoms with E-state index in [-0.39, 0.29) is 37.2 Å². The van der Waals surface area contributed by atoms with Gasteiger partial charge in [-0.05, 0) is 36.2 Å². The molecule has 0 bridgehead atoms. The zero-order valence-electron chi connectivity index (χ0n) is 19.5. The van der Waals surface area contributed by atoms with Gasteiger partial charge in [-0.3, -0.25) is 14.3 Å². The lowest BCUT2D eigenvalue weighted by Gasteiger charge is -2.43. The number of nitrogens with zero attached hydrogens (tertiary/aromatic N) is 4. The third-order valence-corrected chi connectivity index (χ3v) is 6.14. The molecule has 2 amide bonds. The van der Waals surface area contributed by atoms with E-state index in [1.54, 1.807) is 20.7 Å². The molecule has 1 atom stereocenters. The fraction of sp³-hybridized carbons (Fsp3) is 0.542. The number of benzene rings is 1. The van der Waals surface area contributed by atoms with Gasteiger partial charge in [0.05, 0.1) is 39.0 Å². The van der Waals surface area contributed by atoms with E-state index in [4.69, 9.17) is 14.2 Å². The van der Waals surface area contributed by atoms with Crippen LogP contribution in [0, 0.1) is 5.82 Å². The van der Waals surface area contributed by atoms with Crippen LogP contribution < -0.4 is 4.74 Å². The maximum absolute atomic E-state index is 13.3. The van der Waals surface area contributed by atoms with Gasteiger partial charge < -0.3 is 24.0 Å². The Hall–Kier alpha value is -2.98. The number of rotatable bonds is 8. The molecule has 34 heavy (non-hydrogen) atoms. The first-order chi connectivity index (χ1) is 16.4. The summed E-state index contributed by atoms with van der Waals surface area (Å²) in [7, 11) is 1.84. The fourth-order valence-electron chi connectivity index (χ4n) is 4.26. The van der Waals surface area contributed by atoms with Gasteiger partial charge in [-0.25, -0.2) is 4.39 Å². The van der Waals surface area contributed by atoms with Crippen molar-refractivity contribution in [3.05, 3.63) is 48.0 Å². The van der Waals surface area contributed by atoms with Gasteiger partial charge in [0.25, 0.3) is 0 Å². The molecule has 0 unspecified atom stereocenters. The summed E-state index contributed by atoms with van der Waals surface area (Å²) < 4.78 is 32.4. The van der Waals surface area contributed by atoms with Gasteiger partial charge in [-0.1, -0.05) is 0 Å².